The molecule has 1 aliphatic rings. The molecule has 38 heavy (non-hydrogen) atoms. The molecule has 1 amide bonds. The Kier molecular flexibility index (Phi) is 7.70. The van der Waals surface area contributed by atoms with Crippen LogP contribution in [0.4, 0.5) is 23.7 Å². The predicted octanol–water partition coefficient (Wildman–Crippen LogP) is 4.23. The SMILES string of the molecule is CC(C)(C)OC(=O)N1CCN(c2ccc(CC(=O)Cn3cc(-c4ccnc(C(F)(F)F)c4)cn3)nc2)CC1. The van der Waals surface area contributed by atoms with Crippen LogP contribution < -0.4 is 4.90 Å². The number of hydrogen-bond donors (Lipinski definition) is 0. The van der Waals surface area contributed by atoms with Crippen molar-refractivity contribution in [1.82, 2.24) is 24.6 Å². The number of carbonyl (C=O) groups is 2. The van der Waals surface area contributed by atoms with Crippen molar-refractivity contribution >= 4 is 17.6 Å². The third-order valence-corrected chi connectivity index (χ3v) is 5.84. The predicted molar refractivity (Wildman–Crippen MR) is 133 cm³/mol. The molecule has 0 atom stereocenters. The highest BCUT2D eigenvalue weighted by Gasteiger charge is 2.32. The van der Waals surface area contributed by atoms with E-state index in [0.717, 1.165) is 18.0 Å². The van der Waals surface area contributed by atoms with Gasteiger partial charge in [-0.25, -0.2) is 4.79 Å². The van der Waals surface area contributed by atoms with E-state index in [-0.39, 0.29) is 24.8 Å². The molecule has 0 radical (unpaired) electrons. The maximum absolute atomic E-state index is 12.9. The molecule has 12 heteroatoms. The summed E-state index contributed by atoms with van der Waals surface area (Å²) in [5.74, 6) is -0.142. The fourth-order valence-electron chi connectivity index (χ4n) is 3.98. The first-order valence-corrected chi connectivity index (χ1v) is 12.1. The van der Waals surface area contributed by atoms with Gasteiger partial charge in [-0.05, 0) is 50.6 Å². The Morgan fingerprint density at radius 3 is 2.34 bits per heavy atom. The van der Waals surface area contributed by atoms with E-state index in [4.69, 9.17) is 4.74 Å². The number of carbonyl (C=O) groups excluding carboxylic acids is 2. The van der Waals surface area contributed by atoms with Crippen molar-refractivity contribution in [3.05, 3.63) is 60.4 Å². The number of pyridine rings is 2. The third kappa shape index (κ3) is 7.08. The van der Waals surface area contributed by atoms with E-state index < -0.39 is 17.5 Å². The highest BCUT2D eigenvalue weighted by Crippen LogP contribution is 2.30. The molecule has 0 spiro atoms. The van der Waals surface area contributed by atoms with E-state index in [0.29, 0.717) is 43.0 Å². The number of aromatic nitrogens is 4. The largest absolute Gasteiger partial charge is 0.444 e. The minimum Gasteiger partial charge on any atom is -0.444 e. The molecule has 3 aromatic heterocycles. The van der Waals surface area contributed by atoms with Crippen LogP contribution in [0.5, 0.6) is 0 Å². The third-order valence-electron chi connectivity index (χ3n) is 5.84. The zero-order chi connectivity index (χ0) is 27.5. The van der Waals surface area contributed by atoms with Gasteiger partial charge in [-0.3, -0.25) is 19.4 Å². The van der Waals surface area contributed by atoms with E-state index in [1.165, 1.54) is 23.1 Å². The minimum absolute atomic E-state index is 0.0345. The summed E-state index contributed by atoms with van der Waals surface area (Å²) < 4.78 is 45.6. The van der Waals surface area contributed by atoms with E-state index in [2.05, 4.69) is 20.0 Å². The maximum atomic E-state index is 12.9. The lowest BCUT2D eigenvalue weighted by atomic mass is 10.1. The van der Waals surface area contributed by atoms with Crippen molar-refractivity contribution < 1.29 is 27.5 Å². The Bertz CT molecular complexity index is 1280. The molecule has 1 fully saturated rings. The van der Waals surface area contributed by atoms with Gasteiger partial charge in [0.25, 0.3) is 0 Å². The number of piperazine rings is 1. The van der Waals surface area contributed by atoms with Crippen molar-refractivity contribution in [2.45, 2.75) is 45.5 Å². The van der Waals surface area contributed by atoms with Crippen molar-refractivity contribution in [1.29, 1.82) is 0 Å². The normalized spacial score (nSPS) is 14.5. The van der Waals surface area contributed by atoms with E-state index in [1.807, 2.05) is 26.8 Å². The molecule has 3 aromatic rings. The first kappa shape index (κ1) is 27.1. The summed E-state index contributed by atoms with van der Waals surface area (Å²) in [7, 11) is 0. The van der Waals surface area contributed by atoms with Crippen LogP contribution in [0.1, 0.15) is 32.2 Å². The highest BCUT2D eigenvalue weighted by atomic mass is 19.4. The lowest BCUT2D eigenvalue weighted by molar-refractivity contribution is -0.141. The van der Waals surface area contributed by atoms with Gasteiger partial charge in [0.1, 0.15) is 11.3 Å². The van der Waals surface area contributed by atoms with E-state index in [1.54, 1.807) is 17.2 Å². The molecule has 0 saturated carbocycles. The Balaban J connectivity index is 1.29. The average Bonchev–Trinajstić information content (AvgIpc) is 3.31. The number of anilines is 1. The summed E-state index contributed by atoms with van der Waals surface area (Å²) in [4.78, 5) is 36.4. The maximum Gasteiger partial charge on any atom is 0.433 e. The Morgan fingerprint density at radius 1 is 0.974 bits per heavy atom. The van der Waals surface area contributed by atoms with Crippen LogP contribution in [-0.2, 0) is 28.7 Å². The minimum atomic E-state index is -4.54. The molecule has 202 valence electrons. The first-order valence-electron chi connectivity index (χ1n) is 12.1. The van der Waals surface area contributed by atoms with Crippen LogP contribution in [-0.4, -0.2) is 68.3 Å². The quantitative estimate of drug-likeness (QED) is 0.471. The van der Waals surface area contributed by atoms with Gasteiger partial charge >= 0.3 is 12.3 Å². The van der Waals surface area contributed by atoms with Crippen molar-refractivity contribution in [2.75, 3.05) is 31.1 Å². The Morgan fingerprint density at radius 2 is 1.71 bits per heavy atom. The van der Waals surface area contributed by atoms with Crippen molar-refractivity contribution in [3.63, 3.8) is 0 Å². The van der Waals surface area contributed by atoms with Gasteiger partial charge in [0.15, 0.2) is 5.78 Å². The summed E-state index contributed by atoms with van der Waals surface area (Å²) >= 11 is 0. The lowest BCUT2D eigenvalue weighted by Crippen LogP contribution is -2.50. The van der Waals surface area contributed by atoms with E-state index >= 15 is 0 Å². The van der Waals surface area contributed by atoms with Crippen LogP contribution in [0.15, 0.2) is 49.1 Å². The highest BCUT2D eigenvalue weighted by molar-refractivity contribution is 5.80. The van der Waals surface area contributed by atoms with Gasteiger partial charge in [-0.1, -0.05) is 0 Å². The molecule has 0 N–H and O–H groups in total. The molecule has 4 heterocycles. The molecule has 0 unspecified atom stereocenters. The second-order valence-electron chi connectivity index (χ2n) is 10.0. The van der Waals surface area contributed by atoms with Gasteiger partial charge in [0.2, 0.25) is 0 Å². The lowest BCUT2D eigenvalue weighted by Gasteiger charge is -2.36. The summed E-state index contributed by atoms with van der Waals surface area (Å²) in [6.07, 6.45) is 0.976. The summed E-state index contributed by atoms with van der Waals surface area (Å²) in [5.41, 5.74) is 0.749. The van der Waals surface area contributed by atoms with Gasteiger partial charge in [0.05, 0.1) is 31.0 Å². The Hall–Kier alpha value is -3.96. The van der Waals surface area contributed by atoms with Crippen molar-refractivity contribution in [3.8, 4) is 11.1 Å². The number of ether oxygens (including phenoxy) is 1. The topological polar surface area (TPSA) is 93.5 Å². The average molecular weight is 531 g/mol. The summed E-state index contributed by atoms with van der Waals surface area (Å²) in [6, 6.07) is 6.09. The van der Waals surface area contributed by atoms with Crippen LogP contribution >= 0.6 is 0 Å². The smallest absolute Gasteiger partial charge is 0.433 e. The van der Waals surface area contributed by atoms with Crippen LogP contribution in [0.2, 0.25) is 0 Å². The fraction of sp³-hybridized carbons (Fsp3) is 0.423. The van der Waals surface area contributed by atoms with Crippen LogP contribution in [0.3, 0.4) is 0 Å². The summed E-state index contributed by atoms with van der Waals surface area (Å²) in [6.45, 7) is 7.84. The van der Waals surface area contributed by atoms with Gasteiger partial charge in [0, 0.05) is 49.8 Å². The van der Waals surface area contributed by atoms with Crippen molar-refractivity contribution in [2.24, 2.45) is 0 Å². The molecule has 0 aliphatic carbocycles. The van der Waals surface area contributed by atoms with Crippen LogP contribution in [0.25, 0.3) is 11.1 Å². The number of nitrogens with zero attached hydrogens (tertiary/aromatic N) is 6. The molecular formula is C26H29F3N6O3. The van der Waals surface area contributed by atoms with Gasteiger partial charge < -0.3 is 14.5 Å². The molecule has 0 aromatic carbocycles. The van der Waals surface area contributed by atoms with Gasteiger partial charge in [-0.2, -0.15) is 18.3 Å². The second kappa shape index (κ2) is 10.8. The number of amides is 1. The zero-order valence-electron chi connectivity index (χ0n) is 21.4. The monoisotopic (exact) mass is 530 g/mol. The van der Waals surface area contributed by atoms with Gasteiger partial charge in [-0.15, -0.1) is 0 Å². The van der Waals surface area contributed by atoms with E-state index in [9.17, 15) is 22.8 Å². The molecule has 0 bridgehead atoms. The molecular weight excluding hydrogens is 501 g/mol. The molecule has 1 aliphatic heterocycles. The standard InChI is InChI=1S/C26H29F3N6O3/c1-25(2,3)38-24(37)34-10-8-33(9-11-34)21-5-4-20(31-15-21)13-22(36)17-35-16-19(14-32-35)18-6-7-30-23(12-18)26(27,28)29/h4-7,12,14-16H,8-11,13,17H2,1-3H3. The Labute approximate surface area is 218 Å². The zero-order valence-corrected chi connectivity index (χ0v) is 21.4. The fourth-order valence-corrected chi connectivity index (χ4v) is 3.98. The molecule has 1 saturated heterocycles. The number of Topliss-reactive ketones (excluding diaryl/α,β-unsaturated/α-hetero) is 1. The number of alkyl halides is 3. The second-order valence-corrected chi connectivity index (χ2v) is 10.0. The molecule has 4 rings (SSSR count). The summed E-state index contributed by atoms with van der Waals surface area (Å²) in [5, 5.41) is 4.11. The number of rotatable bonds is 6. The first-order chi connectivity index (χ1) is 17.9. The number of halogens is 3. The van der Waals surface area contributed by atoms with Crippen LogP contribution in [0, 0.1) is 0 Å². The number of ketones is 1. The molecule has 9 nitrogen and oxygen atoms in total. The number of hydrogen-bond acceptors (Lipinski definition) is 7.